The molecule has 0 radical (unpaired) electrons. The van der Waals surface area contributed by atoms with Gasteiger partial charge in [0.05, 0.1) is 21.7 Å². The number of nitrogens with zero attached hydrogens (tertiary/aromatic N) is 2. The summed E-state index contributed by atoms with van der Waals surface area (Å²) >= 11 is 0. The molecule has 7 heteroatoms. The second-order valence-corrected chi connectivity index (χ2v) is 7.52. The number of rotatable bonds is 5. The molecule has 0 aromatic heterocycles. The summed E-state index contributed by atoms with van der Waals surface area (Å²) in [4.78, 5) is 26.2. The minimum Gasteiger partial charge on any atom is -0.268 e. The lowest BCUT2D eigenvalue weighted by Crippen LogP contribution is -2.32. The van der Waals surface area contributed by atoms with E-state index in [0.717, 1.165) is 4.90 Å². The average Bonchev–Trinajstić information content (AvgIpc) is 2.87. The Morgan fingerprint density at radius 3 is 1.96 bits per heavy atom. The molecule has 3 rings (SSSR count). The van der Waals surface area contributed by atoms with Crippen LogP contribution in [0.4, 0.5) is 5.69 Å². The van der Waals surface area contributed by atoms with E-state index in [-0.39, 0.29) is 10.6 Å². The molecule has 0 atom stereocenters. The highest BCUT2D eigenvalue weighted by Gasteiger charge is 2.36. The summed E-state index contributed by atoms with van der Waals surface area (Å²) in [6, 6.07) is 12.5. The zero-order valence-corrected chi connectivity index (χ0v) is 14.8. The smallest absolute Gasteiger partial charge is 0.266 e. The van der Waals surface area contributed by atoms with Gasteiger partial charge in [-0.3, -0.25) is 9.59 Å². The number of sulfonamides is 1. The van der Waals surface area contributed by atoms with Crippen LogP contribution in [0.3, 0.4) is 0 Å². The third-order valence-corrected chi connectivity index (χ3v) is 6.26. The Kier molecular flexibility index (Phi) is 4.45. The number of benzene rings is 2. The maximum atomic E-state index is 12.7. The van der Waals surface area contributed by atoms with Gasteiger partial charge in [-0.1, -0.05) is 32.0 Å². The molecule has 0 aliphatic carbocycles. The fourth-order valence-corrected chi connectivity index (χ4v) is 4.42. The predicted octanol–water partition coefficient (Wildman–Crippen LogP) is 2.52. The first kappa shape index (κ1) is 17.3. The first-order valence-electron chi connectivity index (χ1n) is 7.99. The van der Waals surface area contributed by atoms with E-state index in [1.54, 1.807) is 44.2 Å². The molecule has 0 spiro atoms. The normalized spacial score (nSPS) is 14.3. The van der Waals surface area contributed by atoms with Crippen LogP contribution in [-0.2, 0) is 10.0 Å². The van der Waals surface area contributed by atoms with Crippen molar-refractivity contribution in [3.63, 3.8) is 0 Å². The van der Waals surface area contributed by atoms with Crippen molar-refractivity contribution in [3.8, 4) is 0 Å². The SMILES string of the molecule is CCN(CC)S(=O)(=O)c1cccc(N2C(=O)c3ccccc3C2=O)c1. The van der Waals surface area contributed by atoms with Crippen LogP contribution in [0, 0.1) is 0 Å². The molecule has 1 aliphatic rings. The monoisotopic (exact) mass is 358 g/mol. The van der Waals surface area contributed by atoms with Crippen LogP contribution in [0.25, 0.3) is 0 Å². The average molecular weight is 358 g/mol. The minimum atomic E-state index is -3.67. The number of hydrogen-bond acceptors (Lipinski definition) is 4. The van der Waals surface area contributed by atoms with Gasteiger partial charge in [0.15, 0.2) is 0 Å². The molecule has 0 unspecified atom stereocenters. The van der Waals surface area contributed by atoms with E-state index >= 15 is 0 Å². The molecule has 0 fully saturated rings. The largest absolute Gasteiger partial charge is 0.268 e. The van der Waals surface area contributed by atoms with Gasteiger partial charge in [-0.15, -0.1) is 0 Å². The Bertz CT molecular complexity index is 914. The van der Waals surface area contributed by atoms with Crippen molar-refractivity contribution in [2.45, 2.75) is 18.7 Å². The molecule has 1 aliphatic heterocycles. The molecule has 0 saturated heterocycles. The topological polar surface area (TPSA) is 74.8 Å². The molecular weight excluding hydrogens is 340 g/mol. The van der Waals surface area contributed by atoms with Crippen molar-refractivity contribution in [1.29, 1.82) is 0 Å². The first-order chi connectivity index (χ1) is 11.9. The fourth-order valence-electron chi connectivity index (χ4n) is 2.92. The molecule has 2 aromatic rings. The Balaban J connectivity index is 2.04. The van der Waals surface area contributed by atoms with Crippen molar-refractivity contribution in [3.05, 3.63) is 59.7 Å². The van der Waals surface area contributed by atoms with Gasteiger partial charge in [0.2, 0.25) is 10.0 Å². The van der Waals surface area contributed by atoms with Crippen LogP contribution >= 0.6 is 0 Å². The van der Waals surface area contributed by atoms with E-state index in [1.165, 1.54) is 22.5 Å². The van der Waals surface area contributed by atoms with E-state index in [0.29, 0.717) is 24.2 Å². The van der Waals surface area contributed by atoms with Crippen molar-refractivity contribution in [2.75, 3.05) is 18.0 Å². The van der Waals surface area contributed by atoms with Gasteiger partial charge in [-0.05, 0) is 30.3 Å². The quantitative estimate of drug-likeness (QED) is 0.770. The van der Waals surface area contributed by atoms with Gasteiger partial charge in [0, 0.05) is 13.1 Å². The Labute approximate surface area is 146 Å². The van der Waals surface area contributed by atoms with E-state index in [9.17, 15) is 18.0 Å². The highest BCUT2D eigenvalue weighted by molar-refractivity contribution is 7.89. The van der Waals surface area contributed by atoms with E-state index in [2.05, 4.69) is 0 Å². The summed E-state index contributed by atoms with van der Waals surface area (Å²) in [6.07, 6.45) is 0. The molecule has 25 heavy (non-hydrogen) atoms. The van der Waals surface area contributed by atoms with Crippen LogP contribution in [0.2, 0.25) is 0 Å². The van der Waals surface area contributed by atoms with Crippen LogP contribution in [0.5, 0.6) is 0 Å². The highest BCUT2D eigenvalue weighted by Crippen LogP contribution is 2.30. The zero-order chi connectivity index (χ0) is 18.2. The third kappa shape index (κ3) is 2.75. The van der Waals surface area contributed by atoms with E-state index < -0.39 is 21.8 Å². The lowest BCUT2D eigenvalue weighted by molar-refractivity contribution is 0.0926. The second-order valence-electron chi connectivity index (χ2n) is 5.58. The van der Waals surface area contributed by atoms with Crippen LogP contribution < -0.4 is 4.90 Å². The molecule has 6 nitrogen and oxygen atoms in total. The number of carbonyl (C=O) groups is 2. The number of fused-ring (bicyclic) bond motifs is 1. The van der Waals surface area contributed by atoms with Crippen LogP contribution in [0.15, 0.2) is 53.4 Å². The molecule has 0 saturated carbocycles. The second kappa shape index (κ2) is 6.42. The van der Waals surface area contributed by atoms with Crippen LogP contribution in [-0.4, -0.2) is 37.6 Å². The van der Waals surface area contributed by atoms with Gasteiger partial charge in [0.25, 0.3) is 11.8 Å². The fraction of sp³-hybridized carbons (Fsp3) is 0.222. The molecule has 2 amide bonds. The van der Waals surface area contributed by atoms with Gasteiger partial charge < -0.3 is 0 Å². The first-order valence-corrected chi connectivity index (χ1v) is 9.43. The van der Waals surface area contributed by atoms with Gasteiger partial charge in [-0.2, -0.15) is 4.31 Å². The molecule has 0 N–H and O–H groups in total. The van der Waals surface area contributed by atoms with Gasteiger partial charge in [-0.25, -0.2) is 13.3 Å². The summed E-state index contributed by atoms with van der Waals surface area (Å²) in [5.41, 5.74) is 0.897. The molecule has 2 aromatic carbocycles. The Morgan fingerprint density at radius 1 is 0.880 bits per heavy atom. The number of carbonyl (C=O) groups excluding carboxylic acids is 2. The zero-order valence-electron chi connectivity index (χ0n) is 14.0. The molecule has 130 valence electrons. The minimum absolute atomic E-state index is 0.0604. The number of imide groups is 1. The highest BCUT2D eigenvalue weighted by atomic mass is 32.2. The maximum absolute atomic E-state index is 12.7. The van der Waals surface area contributed by atoms with Crippen LogP contribution in [0.1, 0.15) is 34.6 Å². The third-order valence-electron chi connectivity index (χ3n) is 4.21. The summed E-state index contributed by atoms with van der Waals surface area (Å²) in [6.45, 7) is 4.20. The Morgan fingerprint density at radius 2 is 1.44 bits per heavy atom. The van der Waals surface area contributed by atoms with Gasteiger partial charge in [0.1, 0.15) is 0 Å². The van der Waals surface area contributed by atoms with Crippen molar-refractivity contribution < 1.29 is 18.0 Å². The lowest BCUT2D eigenvalue weighted by Gasteiger charge is -2.20. The number of amides is 2. The predicted molar refractivity (Wildman–Crippen MR) is 94.1 cm³/mol. The van der Waals surface area contributed by atoms with Crippen molar-refractivity contribution in [2.24, 2.45) is 0 Å². The molecule has 0 bridgehead atoms. The summed E-state index contributed by atoms with van der Waals surface area (Å²) in [7, 11) is -3.67. The molecular formula is C18H18N2O4S. The van der Waals surface area contributed by atoms with Crippen molar-refractivity contribution in [1.82, 2.24) is 4.31 Å². The number of hydrogen-bond donors (Lipinski definition) is 0. The summed E-state index contributed by atoms with van der Waals surface area (Å²) in [5, 5.41) is 0. The van der Waals surface area contributed by atoms with Crippen molar-refractivity contribution >= 4 is 27.5 Å². The Hall–Kier alpha value is -2.51. The lowest BCUT2D eigenvalue weighted by atomic mass is 10.1. The maximum Gasteiger partial charge on any atom is 0.266 e. The summed E-state index contributed by atoms with van der Waals surface area (Å²) in [5.74, 6) is -0.893. The van der Waals surface area contributed by atoms with Gasteiger partial charge >= 0.3 is 0 Å². The summed E-state index contributed by atoms with van der Waals surface area (Å²) < 4.78 is 26.7. The number of anilines is 1. The molecule has 1 heterocycles. The van der Waals surface area contributed by atoms with E-state index in [1.807, 2.05) is 0 Å². The standard InChI is InChI=1S/C18H18N2O4S/c1-3-19(4-2)25(23,24)14-9-7-8-13(12-14)20-17(21)15-10-5-6-11-16(15)18(20)22/h5-12H,3-4H2,1-2H3. The van der Waals surface area contributed by atoms with E-state index in [4.69, 9.17) is 0 Å².